The van der Waals surface area contributed by atoms with E-state index in [1.807, 2.05) is 18.2 Å². The Bertz CT molecular complexity index is 824. The minimum atomic E-state index is -0.170. The third-order valence-electron chi connectivity index (χ3n) is 4.74. The molecule has 1 saturated heterocycles. The lowest BCUT2D eigenvalue weighted by molar-refractivity contribution is 0.121. The molecule has 0 atom stereocenters. The number of aromatic nitrogens is 1. The van der Waals surface area contributed by atoms with Gasteiger partial charge in [-0.05, 0) is 17.7 Å². The maximum Gasteiger partial charge on any atom is 0.123 e. The minimum Gasteiger partial charge on any atom is -0.297 e. The molecule has 0 aliphatic carbocycles. The van der Waals surface area contributed by atoms with E-state index in [1.165, 1.54) is 23.3 Å². The lowest BCUT2D eigenvalue weighted by atomic mass is 10.2. The fourth-order valence-corrected chi connectivity index (χ4v) is 4.09. The SMILES string of the molecule is Fc1ccc(CN2CCN(Cc3csc(-c4ccccc4)n3)CC2)cc1. The molecule has 1 aliphatic heterocycles. The van der Waals surface area contributed by atoms with Crippen LogP contribution in [0.25, 0.3) is 10.6 Å². The fourth-order valence-electron chi connectivity index (χ4n) is 3.28. The van der Waals surface area contributed by atoms with Gasteiger partial charge in [0, 0.05) is 50.2 Å². The van der Waals surface area contributed by atoms with Gasteiger partial charge in [-0.15, -0.1) is 11.3 Å². The van der Waals surface area contributed by atoms with Gasteiger partial charge < -0.3 is 0 Å². The Morgan fingerprint density at radius 2 is 1.50 bits per heavy atom. The topological polar surface area (TPSA) is 19.4 Å². The highest BCUT2D eigenvalue weighted by Crippen LogP contribution is 2.24. The van der Waals surface area contributed by atoms with E-state index in [0.717, 1.165) is 50.0 Å². The lowest BCUT2D eigenvalue weighted by Crippen LogP contribution is -2.45. The van der Waals surface area contributed by atoms with E-state index in [-0.39, 0.29) is 5.82 Å². The number of halogens is 1. The first kappa shape index (κ1) is 17.3. The van der Waals surface area contributed by atoms with Gasteiger partial charge in [-0.2, -0.15) is 0 Å². The highest BCUT2D eigenvalue weighted by atomic mass is 32.1. The summed E-state index contributed by atoms with van der Waals surface area (Å²) >= 11 is 1.72. The second-order valence-electron chi connectivity index (χ2n) is 6.69. The summed E-state index contributed by atoms with van der Waals surface area (Å²) in [6, 6.07) is 17.2. The molecule has 1 fully saturated rings. The van der Waals surface area contributed by atoms with Crippen molar-refractivity contribution in [1.82, 2.24) is 14.8 Å². The van der Waals surface area contributed by atoms with Crippen molar-refractivity contribution in [1.29, 1.82) is 0 Å². The number of hydrogen-bond donors (Lipinski definition) is 0. The van der Waals surface area contributed by atoms with Gasteiger partial charge in [0.15, 0.2) is 0 Å². The molecular formula is C21H22FN3S. The number of rotatable bonds is 5. The van der Waals surface area contributed by atoms with Crippen LogP contribution in [-0.2, 0) is 13.1 Å². The van der Waals surface area contributed by atoms with Crippen LogP contribution in [0, 0.1) is 5.82 Å². The maximum absolute atomic E-state index is 13.0. The summed E-state index contributed by atoms with van der Waals surface area (Å²) in [5.41, 5.74) is 3.51. The van der Waals surface area contributed by atoms with E-state index in [4.69, 9.17) is 4.98 Å². The Kier molecular flexibility index (Phi) is 5.39. The molecule has 0 radical (unpaired) electrons. The maximum atomic E-state index is 13.0. The summed E-state index contributed by atoms with van der Waals surface area (Å²) in [6.45, 7) is 5.95. The Morgan fingerprint density at radius 3 is 2.19 bits per heavy atom. The van der Waals surface area contributed by atoms with Crippen LogP contribution in [0.5, 0.6) is 0 Å². The zero-order chi connectivity index (χ0) is 17.8. The van der Waals surface area contributed by atoms with Crippen LogP contribution in [0.15, 0.2) is 60.0 Å². The molecule has 0 saturated carbocycles. The van der Waals surface area contributed by atoms with Gasteiger partial charge in [0.1, 0.15) is 10.8 Å². The largest absolute Gasteiger partial charge is 0.297 e. The van der Waals surface area contributed by atoms with Crippen LogP contribution in [0.2, 0.25) is 0 Å². The van der Waals surface area contributed by atoms with Gasteiger partial charge in [-0.3, -0.25) is 9.80 Å². The normalized spacial score (nSPS) is 16.0. The Morgan fingerprint density at radius 1 is 0.846 bits per heavy atom. The molecule has 26 heavy (non-hydrogen) atoms. The van der Waals surface area contributed by atoms with Gasteiger partial charge in [0.25, 0.3) is 0 Å². The predicted molar refractivity (Wildman–Crippen MR) is 105 cm³/mol. The zero-order valence-electron chi connectivity index (χ0n) is 14.6. The van der Waals surface area contributed by atoms with E-state index in [0.29, 0.717) is 0 Å². The summed E-state index contributed by atoms with van der Waals surface area (Å²) in [6.07, 6.45) is 0. The van der Waals surface area contributed by atoms with Crippen LogP contribution in [0.4, 0.5) is 4.39 Å². The highest BCUT2D eigenvalue weighted by molar-refractivity contribution is 7.13. The van der Waals surface area contributed by atoms with Crippen LogP contribution < -0.4 is 0 Å². The molecule has 1 aliphatic rings. The Labute approximate surface area is 157 Å². The predicted octanol–water partition coefficient (Wildman–Crippen LogP) is 4.27. The van der Waals surface area contributed by atoms with Gasteiger partial charge in [-0.25, -0.2) is 9.37 Å². The van der Waals surface area contributed by atoms with Crippen LogP contribution >= 0.6 is 11.3 Å². The molecule has 134 valence electrons. The summed E-state index contributed by atoms with van der Waals surface area (Å²) in [5.74, 6) is -0.170. The van der Waals surface area contributed by atoms with Crippen molar-refractivity contribution in [3.8, 4) is 10.6 Å². The third kappa shape index (κ3) is 4.36. The van der Waals surface area contributed by atoms with Gasteiger partial charge >= 0.3 is 0 Å². The van der Waals surface area contributed by atoms with Crippen molar-refractivity contribution in [2.45, 2.75) is 13.1 Å². The molecule has 2 heterocycles. The average Bonchev–Trinajstić information content (AvgIpc) is 3.14. The number of piperazine rings is 1. The van der Waals surface area contributed by atoms with E-state index in [9.17, 15) is 4.39 Å². The smallest absolute Gasteiger partial charge is 0.123 e. The van der Waals surface area contributed by atoms with Crippen LogP contribution in [0.1, 0.15) is 11.3 Å². The van der Waals surface area contributed by atoms with Crippen LogP contribution in [0.3, 0.4) is 0 Å². The second kappa shape index (κ2) is 8.08. The Balaban J connectivity index is 1.29. The third-order valence-corrected chi connectivity index (χ3v) is 5.68. The zero-order valence-corrected chi connectivity index (χ0v) is 15.5. The van der Waals surface area contributed by atoms with Crippen molar-refractivity contribution in [2.24, 2.45) is 0 Å². The van der Waals surface area contributed by atoms with Gasteiger partial charge in [-0.1, -0.05) is 42.5 Å². The highest BCUT2D eigenvalue weighted by Gasteiger charge is 2.18. The average molecular weight is 367 g/mol. The van der Waals surface area contributed by atoms with E-state index in [2.05, 4.69) is 39.4 Å². The number of nitrogens with zero attached hydrogens (tertiary/aromatic N) is 3. The molecule has 0 bridgehead atoms. The number of hydrogen-bond acceptors (Lipinski definition) is 4. The van der Waals surface area contributed by atoms with Crippen molar-refractivity contribution in [3.63, 3.8) is 0 Å². The van der Waals surface area contributed by atoms with Gasteiger partial charge in [0.05, 0.1) is 5.69 Å². The first-order valence-electron chi connectivity index (χ1n) is 8.95. The molecule has 0 N–H and O–H groups in total. The van der Waals surface area contributed by atoms with E-state index >= 15 is 0 Å². The minimum absolute atomic E-state index is 0.170. The molecule has 0 amide bonds. The molecule has 0 spiro atoms. The molecule has 2 aromatic carbocycles. The lowest BCUT2D eigenvalue weighted by Gasteiger charge is -2.34. The van der Waals surface area contributed by atoms with Crippen molar-refractivity contribution in [3.05, 3.63) is 77.1 Å². The first-order valence-corrected chi connectivity index (χ1v) is 9.83. The fraction of sp³-hybridized carbons (Fsp3) is 0.286. The van der Waals surface area contributed by atoms with Crippen molar-refractivity contribution in [2.75, 3.05) is 26.2 Å². The van der Waals surface area contributed by atoms with E-state index < -0.39 is 0 Å². The Hall–Kier alpha value is -2.08. The molecule has 3 nitrogen and oxygen atoms in total. The monoisotopic (exact) mass is 367 g/mol. The second-order valence-corrected chi connectivity index (χ2v) is 7.55. The summed E-state index contributed by atoms with van der Waals surface area (Å²) < 4.78 is 13.0. The summed E-state index contributed by atoms with van der Waals surface area (Å²) in [5, 5.41) is 3.27. The standard InChI is InChI=1S/C21H22FN3S/c22-19-8-6-17(7-9-19)14-24-10-12-25(13-11-24)15-20-16-26-21(23-20)18-4-2-1-3-5-18/h1-9,16H,10-15H2. The van der Waals surface area contributed by atoms with E-state index in [1.54, 1.807) is 11.3 Å². The number of benzene rings is 2. The number of thiazole rings is 1. The summed E-state index contributed by atoms with van der Waals surface area (Å²) in [4.78, 5) is 9.69. The quantitative estimate of drug-likeness (QED) is 0.671. The molecule has 5 heteroatoms. The van der Waals surface area contributed by atoms with Crippen LogP contribution in [-0.4, -0.2) is 41.0 Å². The molecule has 1 aromatic heterocycles. The molecule has 4 rings (SSSR count). The van der Waals surface area contributed by atoms with Crippen molar-refractivity contribution < 1.29 is 4.39 Å². The molecular weight excluding hydrogens is 345 g/mol. The molecule has 0 unspecified atom stereocenters. The first-order chi connectivity index (χ1) is 12.8. The molecule has 3 aromatic rings. The van der Waals surface area contributed by atoms with Crippen molar-refractivity contribution >= 4 is 11.3 Å². The van der Waals surface area contributed by atoms with Gasteiger partial charge in [0.2, 0.25) is 0 Å². The summed E-state index contributed by atoms with van der Waals surface area (Å²) in [7, 11) is 0.